The second kappa shape index (κ2) is 19.8. The van der Waals surface area contributed by atoms with Crippen LogP contribution in [0.25, 0.3) is 145 Å². The van der Waals surface area contributed by atoms with E-state index in [2.05, 4.69) is 325 Å². The number of para-hydroxylation sites is 4. The summed E-state index contributed by atoms with van der Waals surface area (Å²) in [6, 6.07) is 107. The molecule has 0 spiro atoms. The number of benzene rings is 13. The van der Waals surface area contributed by atoms with Gasteiger partial charge in [0.05, 0.1) is 22.1 Å². The van der Waals surface area contributed by atoms with Crippen LogP contribution in [0.5, 0.6) is 0 Å². The Kier molecular flexibility index (Phi) is 11.6. The van der Waals surface area contributed by atoms with E-state index in [4.69, 9.17) is 0 Å². The van der Waals surface area contributed by atoms with Gasteiger partial charge in [-0.25, -0.2) is 0 Å². The van der Waals surface area contributed by atoms with Crippen molar-refractivity contribution in [1.29, 1.82) is 0 Å². The minimum Gasteiger partial charge on any atom is -0.309 e. The van der Waals surface area contributed by atoms with Gasteiger partial charge in [0.25, 0.3) is 0 Å². The molecule has 13 aromatic carbocycles. The van der Waals surface area contributed by atoms with E-state index in [0.29, 0.717) is 0 Å². The minimum atomic E-state index is 1.14. The van der Waals surface area contributed by atoms with Crippen LogP contribution in [0.3, 0.4) is 0 Å². The lowest BCUT2D eigenvalue weighted by molar-refractivity contribution is 1.18. The molecule has 15 rings (SSSR count). The standard InChI is InChI=1S/C78H52N2/c1-3-17-53(18-4-1)33-35-55-21-15-23-61(49-55)77-69-47-41-60(58-39-45-64(46-40-58)80-75-31-13-9-27-67(75)68-28-10-14-32-76(68)80)52-72(69)78(62-24-16-22-56(50-62)36-34-54-19-5-2-6-20-54)70-48-42-59(51-71(70)77)57-37-43-63(44-38-57)79-73-29-11-7-25-65(73)66-26-8-12-30-74(66)79/h1-52H/b35-33+,36-34+. The molecule has 0 aliphatic carbocycles. The first-order valence-electron chi connectivity index (χ1n) is 27.6. The fourth-order valence-electron chi connectivity index (χ4n) is 12.3. The molecule has 0 amide bonds. The Morgan fingerprint density at radius 3 is 0.875 bits per heavy atom. The molecule has 374 valence electrons. The summed E-state index contributed by atoms with van der Waals surface area (Å²) in [5.41, 5.74) is 21.1. The fourth-order valence-corrected chi connectivity index (χ4v) is 12.3. The molecule has 0 aliphatic rings. The molecular weight excluding hydrogens is 965 g/mol. The molecular formula is C78H52N2. The summed E-state index contributed by atoms with van der Waals surface area (Å²) in [5, 5.41) is 9.84. The zero-order valence-corrected chi connectivity index (χ0v) is 43.9. The van der Waals surface area contributed by atoms with Crippen LogP contribution in [0.2, 0.25) is 0 Å². The maximum atomic E-state index is 2.44. The summed E-state index contributed by atoms with van der Waals surface area (Å²) < 4.78 is 4.78. The molecule has 0 unspecified atom stereocenters. The lowest BCUT2D eigenvalue weighted by Gasteiger charge is -2.20. The van der Waals surface area contributed by atoms with Gasteiger partial charge in [0.15, 0.2) is 0 Å². The Hall–Kier alpha value is -10.5. The number of rotatable bonds is 10. The molecule has 0 fully saturated rings. The van der Waals surface area contributed by atoms with E-state index < -0.39 is 0 Å². The van der Waals surface area contributed by atoms with E-state index >= 15 is 0 Å². The Balaban J connectivity index is 0.930. The van der Waals surface area contributed by atoms with Crippen LogP contribution in [0.15, 0.2) is 291 Å². The van der Waals surface area contributed by atoms with E-state index in [1.807, 2.05) is 0 Å². The topological polar surface area (TPSA) is 9.86 Å². The predicted octanol–water partition coefficient (Wildman–Crippen LogP) is 21.2. The molecule has 0 aliphatic heterocycles. The molecule has 2 heterocycles. The van der Waals surface area contributed by atoms with Crippen molar-refractivity contribution in [1.82, 2.24) is 9.13 Å². The monoisotopic (exact) mass is 1020 g/mol. The second-order valence-electron chi connectivity index (χ2n) is 20.8. The van der Waals surface area contributed by atoms with Crippen LogP contribution < -0.4 is 0 Å². The van der Waals surface area contributed by atoms with Crippen molar-refractivity contribution in [3.05, 3.63) is 313 Å². The van der Waals surface area contributed by atoms with Crippen molar-refractivity contribution in [2.45, 2.75) is 0 Å². The molecule has 2 aromatic heterocycles. The van der Waals surface area contributed by atoms with Gasteiger partial charge in [-0.3, -0.25) is 0 Å². The highest BCUT2D eigenvalue weighted by Gasteiger charge is 2.20. The Bertz CT molecular complexity index is 4480. The minimum absolute atomic E-state index is 1.14. The molecule has 2 nitrogen and oxygen atoms in total. The smallest absolute Gasteiger partial charge is 0.0541 e. The number of hydrogen-bond donors (Lipinski definition) is 0. The van der Waals surface area contributed by atoms with Crippen molar-refractivity contribution in [2.24, 2.45) is 0 Å². The third-order valence-corrected chi connectivity index (χ3v) is 16.1. The Morgan fingerprint density at radius 2 is 0.500 bits per heavy atom. The summed E-state index contributed by atoms with van der Waals surface area (Å²) >= 11 is 0. The highest BCUT2D eigenvalue weighted by Crippen LogP contribution is 2.47. The van der Waals surface area contributed by atoms with E-state index in [1.165, 1.54) is 98.5 Å². The van der Waals surface area contributed by atoms with Gasteiger partial charge in [0, 0.05) is 32.9 Å². The molecule has 15 aromatic rings. The van der Waals surface area contributed by atoms with Gasteiger partial charge in [-0.15, -0.1) is 0 Å². The summed E-state index contributed by atoms with van der Waals surface area (Å²) in [5.74, 6) is 0. The normalized spacial score (nSPS) is 11.9. The van der Waals surface area contributed by atoms with E-state index in [-0.39, 0.29) is 0 Å². The van der Waals surface area contributed by atoms with Gasteiger partial charge < -0.3 is 9.13 Å². The Morgan fingerprint density at radius 1 is 0.188 bits per heavy atom. The van der Waals surface area contributed by atoms with E-state index in [0.717, 1.165) is 44.8 Å². The van der Waals surface area contributed by atoms with Gasteiger partial charge in [-0.2, -0.15) is 0 Å². The van der Waals surface area contributed by atoms with Crippen molar-refractivity contribution < 1.29 is 0 Å². The van der Waals surface area contributed by atoms with E-state index in [9.17, 15) is 0 Å². The molecule has 0 saturated carbocycles. The molecule has 0 bridgehead atoms. The van der Waals surface area contributed by atoms with Crippen LogP contribution in [0.4, 0.5) is 0 Å². The third-order valence-electron chi connectivity index (χ3n) is 16.1. The molecule has 0 atom stereocenters. The molecule has 80 heavy (non-hydrogen) atoms. The summed E-state index contributed by atoms with van der Waals surface area (Å²) in [4.78, 5) is 0. The third kappa shape index (κ3) is 8.30. The van der Waals surface area contributed by atoms with Crippen LogP contribution >= 0.6 is 0 Å². The maximum absolute atomic E-state index is 2.44. The van der Waals surface area contributed by atoms with Gasteiger partial charge in [-0.05, 0) is 161 Å². The quantitative estimate of drug-likeness (QED) is 0.0954. The average molecular weight is 1020 g/mol. The number of hydrogen-bond acceptors (Lipinski definition) is 0. The molecule has 0 radical (unpaired) electrons. The second-order valence-corrected chi connectivity index (χ2v) is 20.8. The zero-order valence-electron chi connectivity index (χ0n) is 43.9. The summed E-state index contributed by atoms with van der Waals surface area (Å²) in [6.07, 6.45) is 8.88. The highest BCUT2D eigenvalue weighted by atomic mass is 15.0. The number of nitrogens with zero attached hydrogens (tertiary/aromatic N) is 2. The van der Waals surface area contributed by atoms with E-state index in [1.54, 1.807) is 0 Å². The van der Waals surface area contributed by atoms with Crippen LogP contribution in [0.1, 0.15) is 22.3 Å². The predicted molar refractivity (Wildman–Crippen MR) is 343 cm³/mol. The first-order valence-corrected chi connectivity index (χ1v) is 27.6. The number of fused-ring (bicyclic) bond motifs is 8. The lowest BCUT2D eigenvalue weighted by atomic mass is 9.83. The van der Waals surface area contributed by atoms with Crippen LogP contribution in [0, 0.1) is 0 Å². The van der Waals surface area contributed by atoms with Crippen molar-refractivity contribution in [3.8, 4) is 55.9 Å². The zero-order chi connectivity index (χ0) is 52.9. The first-order chi connectivity index (χ1) is 39.7. The van der Waals surface area contributed by atoms with Crippen LogP contribution in [-0.2, 0) is 0 Å². The van der Waals surface area contributed by atoms with Gasteiger partial charge in [0.1, 0.15) is 0 Å². The Labute approximate surface area is 465 Å². The van der Waals surface area contributed by atoms with Gasteiger partial charge in [-0.1, -0.05) is 243 Å². The summed E-state index contributed by atoms with van der Waals surface area (Å²) in [7, 11) is 0. The molecule has 0 N–H and O–H groups in total. The fraction of sp³-hybridized carbons (Fsp3) is 0. The molecule has 2 heteroatoms. The largest absolute Gasteiger partial charge is 0.309 e. The van der Waals surface area contributed by atoms with Gasteiger partial charge in [0.2, 0.25) is 0 Å². The number of aromatic nitrogens is 2. The first kappa shape index (κ1) is 46.7. The van der Waals surface area contributed by atoms with Crippen molar-refractivity contribution >= 4 is 89.5 Å². The SMILES string of the molecule is C(=C\c1cccc(-c2c3ccc(-c4ccc(-n5c6ccccc6c6ccccc65)cc4)cc3c(-c3cccc(/C=C/c4ccccc4)c3)c3ccc(-c4ccc(-n5c6ccccc6c6ccccc65)cc4)cc23)c1)/c1ccccc1. The average Bonchev–Trinajstić information content (AvgIpc) is 4.20. The summed E-state index contributed by atoms with van der Waals surface area (Å²) in [6.45, 7) is 0. The van der Waals surface area contributed by atoms with Crippen molar-refractivity contribution in [3.63, 3.8) is 0 Å². The van der Waals surface area contributed by atoms with Crippen LogP contribution in [-0.4, -0.2) is 9.13 Å². The van der Waals surface area contributed by atoms with Crippen molar-refractivity contribution in [2.75, 3.05) is 0 Å². The lowest BCUT2D eigenvalue weighted by Crippen LogP contribution is -1.95. The highest BCUT2D eigenvalue weighted by molar-refractivity contribution is 6.23. The maximum Gasteiger partial charge on any atom is 0.0541 e. The molecule has 0 saturated heterocycles. The van der Waals surface area contributed by atoms with Gasteiger partial charge >= 0.3 is 0 Å².